The number of aromatic nitrogens is 1. The number of nitrogens with one attached hydrogen (secondary N) is 1. The van der Waals surface area contributed by atoms with E-state index in [2.05, 4.69) is 10.3 Å². The molecule has 0 aliphatic carbocycles. The third-order valence-electron chi connectivity index (χ3n) is 4.25. The maximum absolute atomic E-state index is 13.0. The molecule has 1 fully saturated rings. The Morgan fingerprint density at radius 1 is 1.22 bits per heavy atom. The second-order valence-corrected chi connectivity index (χ2v) is 7.04. The van der Waals surface area contributed by atoms with Gasteiger partial charge < -0.3 is 15.0 Å². The van der Waals surface area contributed by atoms with Crippen LogP contribution in [0.5, 0.6) is 0 Å². The molecule has 2 amide bonds. The minimum atomic E-state index is -0.300. The highest BCUT2D eigenvalue weighted by Gasteiger charge is 2.22. The molecule has 0 spiro atoms. The van der Waals surface area contributed by atoms with E-state index in [1.807, 2.05) is 10.3 Å². The van der Waals surface area contributed by atoms with Crippen molar-refractivity contribution in [1.82, 2.24) is 14.8 Å². The predicted octanol–water partition coefficient (Wildman–Crippen LogP) is 1.68. The molecular formula is C18H21FN4O3S. The van der Waals surface area contributed by atoms with E-state index >= 15 is 0 Å². The molecule has 0 unspecified atom stereocenters. The van der Waals surface area contributed by atoms with Gasteiger partial charge in [0.15, 0.2) is 5.13 Å². The Labute approximate surface area is 160 Å². The number of ether oxygens (including phenoxy) is 1. The number of hydrogen-bond donors (Lipinski definition) is 1. The van der Waals surface area contributed by atoms with E-state index < -0.39 is 0 Å². The molecule has 0 atom stereocenters. The molecule has 9 heteroatoms. The molecule has 7 nitrogen and oxygen atoms in total. The number of amides is 2. The SMILES string of the molecule is COCC(=O)N1CCN(CC(=O)Nc2nc(-c3ccc(F)cc3)cs2)CC1. The molecule has 1 saturated heterocycles. The van der Waals surface area contributed by atoms with E-state index in [0.717, 1.165) is 5.56 Å². The van der Waals surface area contributed by atoms with Crippen LogP contribution >= 0.6 is 11.3 Å². The van der Waals surface area contributed by atoms with Crippen LogP contribution in [-0.4, -0.2) is 73.0 Å². The number of nitrogens with zero attached hydrogens (tertiary/aromatic N) is 3. The van der Waals surface area contributed by atoms with Crippen LogP contribution in [-0.2, 0) is 14.3 Å². The van der Waals surface area contributed by atoms with Gasteiger partial charge in [0.2, 0.25) is 11.8 Å². The van der Waals surface area contributed by atoms with Gasteiger partial charge in [0, 0.05) is 44.2 Å². The third kappa shape index (κ3) is 5.31. The first-order valence-electron chi connectivity index (χ1n) is 8.55. The highest BCUT2D eigenvalue weighted by Crippen LogP contribution is 2.25. The van der Waals surface area contributed by atoms with E-state index in [4.69, 9.17) is 4.74 Å². The summed E-state index contributed by atoms with van der Waals surface area (Å²) in [7, 11) is 1.50. The van der Waals surface area contributed by atoms with Crippen molar-refractivity contribution >= 4 is 28.3 Å². The number of hydrogen-bond acceptors (Lipinski definition) is 6. The van der Waals surface area contributed by atoms with Crippen LogP contribution in [0.25, 0.3) is 11.3 Å². The van der Waals surface area contributed by atoms with E-state index in [0.29, 0.717) is 37.0 Å². The Kier molecular flexibility index (Phi) is 6.49. The average Bonchev–Trinajstić information content (AvgIpc) is 3.11. The lowest BCUT2D eigenvalue weighted by molar-refractivity contribution is -0.137. The molecule has 0 saturated carbocycles. The summed E-state index contributed by atoms with van der Waals surface area (Å²) in [4.78, 5) is 32.2. The lowest BCUT2D eigenvalue weighted by atomic mass is 10.2. The van der Waals surface area contributed by atoms with E-state index in [1.54, 1.807) is 17.0 Å². The zero-order chi connectivity index (χ0) is 19.2. The largest absolute Gasteiger partial charge is 0.375 e. The van der Waals surface area contributed by atoms with Crippen molar-refractivity contribution in [2.45, 2.75) is 0 Å². The fourth-order valence-corrected chi connectivity index (χ4v) is 3.55. The molecule has 3 rings (SSSR count). The molecule has 2 aromatic rings. The molecule has 1 aliphatic heterocycles. The number of halogens is 1. The molecule has 144 valence electrons. The van der Waals surface area contributed by atoms with Crippen molar-refractivity contribution in [3.05, 3.63) is 35.5 Å². The highest BCUT2D eigenvalue weighted by molar-refractivity contribution is 7.14. The summed E-state index contributed by atoms with van der Waals surface area (Å²) in [6.45, 7) is 2.78. The number of carbonyl (C=O) groups is 2. The van der Waals surface area contributed by atoms with Gasteiger partial charge in [-0.1, -0.05) is 0 Å². The third-order valence-corrected chi connectivity index (χ3v) is 5.01. The number of benzene rings is 1. The quantitative estimate of drug-likeness (QED) is 0.810. The average molecular weight is 392 g/mol. The van der Waals surface area contributed by atoms with Crippen molar-refractivity contribution in [3.8, 4) is 11.3 Å². The summed E-state index contributed by atoms with van der Waals surface area (Å²) in [5, 5.41) is 5.13. The second kappa shape index (κ2) is 9.03. The monoisotopic (exact) mass is 392 g/mol. The summed E-state index contributed by atoms with van der Waals surface area (Å²) in [6.07, 6.45) is 0. The second-order valence-electron chi connectivity index (χ2n) is 6.18. The van der Waals surface area contributed by atoms with E-state index in [9.17, 15) is 14.0 Å². The molecule has 2 heterocycles. The lowest BCUT2D eigenvalue weighted by Gasteiger charge is -2.34. The van der Waals surface area contributed by atoms with Gasteiger partial charge >= 0.3 is 0 Å². The van der Waals surface area contributed by atoms with Crippen molar-refractivity contribution < 1.29 is 18.7 Å². The molecule has 1 aromatic heterocycles. The number of carbonyl (C=O) groups excluding carboxylic acids is 2. The normalized spacial score (nSPS) is 15.0. The molecule has 1 N–H and O–H groups in total. The number of rotatable bonds is 6. The van der Waals surface area contributed by atoms with Crippen LogP contribution in [0, 0.1) is 5.82 Å². The lowest BCUT2D eigenvalue weighted by Crippen LogP contribution is -2.51. The summed E-state index contributed by atoms with van der Waals surface area (Å²) in [6, 6.07) is 6.06. The van der Waals surface area contributed by atoms with Gasteiger partial charge in [0.25, 0.3) is 0 Å². The van der Waals surface area contributed by atoms with Gasteiger partial charge in [-0.15, -0.1) is 11.3 Å². The van der Waals surface area contributed by atoms with Crippen molar-refractivity contribution in [3.63, 3.8) is 0 Å². The van der Waals surface area contributed by atoms with Crippen LogP contribution in [0.15, 0.2) is 29.6 Å². The summed E-state index contributed by atoms with van der Waals surface area (Å²) in [5.41, 5.74) is 1.49. The topological polar surface area (TPSA) is 74.8 Å². The first-order valence-corrected chi connectivity index (χ1v) is 9.43. The zero-order valence-electron chi connectivity index (χ0n) is 15.0. The van der Waals surface area contributed by atoms with Crippen LogP contribution < -0.4 is 5.32 Å². The molecular weight excluding hydrogens is 371 g/mol. The van der Waals surface area contributed by atoms with Gasteiger partial charge in [0.05, 0.1) is 12.2 Å². The van der Waals surface area contributed by atoms with Crippen LogP contribution in [0.4, 0.5) is 9.52 Å². The van der Waals surface area contributed by atoms with Gasteiger partial charge in [-0.3, -0.25) is 14.5 Å². The van der Waals surface area contributed by atoms with Crippen molar-refractivity contribution in [2.75, 3.05) is 51.8 Å². The predicted molar refractivity (Wildman–Crippen MR) is 101 cm³/mol. The van der Waals surface area contributed by atoms with Crippen LogP contribution in [0.3, 0.4) is 0 Å². The number of thiazole rings is 1. The fourth-order valence-electron chi connectivity index (χ4n) is 2.82. The minimum absolute atomic E-state index is 0.0299. The number of methoxy groups -OCH3 is 1. The van der Waals surface area contributed by atoms with Gasteiger partial charge in [-0.2, -0.15) is 0 Å². The zero-order valence-corrected chi connectivity index (χ0v) is 15.8. The molecule has 0 radical (unpaired) electrons. The summed E-state index contributed by atoms with van der Waals surface area (Å²) >= 11 is 1.33. The molecule has 27 heavy (non-hydrogen) atoms. The molecule has 1 aliphatic rings. The van der Waals surface area contributed by atoms with Crippen molar-refractivity contribution in [1.29, 1.82) is 0 Å². The highest BCUT2D eigenvalue weighted by atomic mass is 32.1. The summed E-state index contributed by atoms with van der Waals surface area (Å²) < 4.78 is 17.9. The smallest absolute Gasteiger partial charge is 0.248 e. The minimum Gasteiger partial charge on any atom is -0.375 e. The first-order chi connectivity index (χ1) is 13.0. The number of anilines is 1. The Morgan fingerprint density at radius 3 is 2.59 bits per heavy atom. The Balaban J connectivity index is 1.48. The molecule has 1 aromatic carbocycles. The van der Waals surface area contributed by atoms with E-state index in [1.165, 1.54) is 30.6 Å². The molecule has 0 bridgehead atoms. The Morgan fingerprint density at radius 2 is 1.93 bits per heavy atom. The van der Waals surface area contributed by atoms with Crippen molar-refractivity contribution in [2.24, 2.45) is 0 Å². The Bertz CT molecular complexity index is 788. The maximum Gasteiger partial charge on any atom is 0.248 e. The summed E-state index contributed by atoms with van der Waals surface area (Å²) in [5.74, 6) is -0.476. The van der Waals surface area contributed by atoms with Crippen LogP contribution in [0.1, 0.15) is 0 Å². The van der Waals surface area contributed by atoms with Gasteiger partial charge in [-0.25, -0.2) is 9.37 Å². The van der Waals surface area contributed by atoms with Gasteiger partial charge in [0.1, 0.15) is 12.4 Å². The first kappa shape index (κ1) is 19.4. The van der Waals surface area contributed by atoms with Crippen LogP contribution in [0.2, 0.25) is 0 Å². The maximum atomic E-state index is 13.0. The number of piperazine rings is 1. The Hall–Kier alpha value is -2.36. The van der Waals surface area contributed by atoms with Gasteiger partial charge in [-0.05, 0) is 24.3 Å². The fraction of sp³-hybridized carbons (Fsp3) is 0.389. The van der Waals surface area contributed by atoms with E-state index in [-0.39, 0.29) is 30.8 Å². The standard InChI is InChI=1S/C18H21FN4O3S/c1-26-11-17(25)23-8-6-22(7-9-23)10-16(24)21-18-20-15(12-27-18)13-2-4-14(19)5-3-13/h2-5,12H,6-11H2,1H3,(H,20,21,24).